The van der Waals surface area contributed by atoms with Gasteiger partial charge in [0.15, 0.2) is 17.3 Å². The third kappa shape index (κ3) is 4.11. The van der Waals surface area contributed by atoms with Crippen molar-refractivity contribution >= 4 is 23.6 Å². The highest BCUT2D eigenvalue weighted by Gasteiger charge is 2.27. The summed E-state index contributed by atoms with van der Waals surface area (Å²) in [5.41, 5.74) is 0.213. The molecular weight excluding hydrogens is 432 g/mol. The molecule has 10 heteroatoms. The van der Waals surface area contributed by atoms with Gasteiger partial charge in [-0.3, -0.25) is 4.79 Å². The van der Waals surface area contributed by atoms with Gasteiger partial charge in [0.25, 0.3) is 5.89 Å². The maximum absolute atomic E-state index is 12.7. The Hall–Kier alpha value is -3.58. The molecule has 1 aromatic carbocycles. The average Bonchev–Trinajstić information content (AvgIpc) is 3.52. The normalized spacial score (nSPS) is 15.5. The molecule has 0 radical (unpaired) electrons. The van der Waals surface area contributed by atoms with Crippen LogP contribution in [-0.2, 0) is 4.79 Å². The summed E-state index contributed by atoms with van der Waals surface area (Å²) < 4.78 is 22.2. The predicted octanol–water partition coefficient (Wildman–Crippen LogP) is 3.02. The number of furan rings is 1. The first-order chi connectivity index (χ1) is 15.7. The van der Waals surface area contributed by atoms with Gasteiger partial charge in [0.1, 0.15) is 19.3 Å². The number of nitriles is 1. The Balaban J connectivity index is 1.17. The number of thioether (sulfide) groups is 1. The third-order valence-corrected chi connectivity index (χ3v) is 6.22. The Morgan fingerprint density at radius 3 is 2.69 bits per heavy atom. The molecule has 9 nitrogen and oxygen atoms in total. The molecule has 0 bridgehead atoms. The minimum atomic E-state index is 0.0684. The topological polar surface area (TPSA) is 105 Å². The second-order valence-corrected chi connectivity index (χ2v) is 8.27. The van der Waals surface area contributed by atoms with E-state index in [9.17, 15) is 10.1 Å². The summed E-state index contributed by atoms with van der Waals surface area (Å²) in [6, 6.07) is 11.3. The van der Waals surface area contributed by atoms with Gasteiger partial charge in [-0.05, 0) is 30.3 Å². The Morgan fingerprint density at radius 2 is 1.94 bits per heavy atom. The van der Waals surface area contributed by atoms with E-state index in [0.717, 1.165) is 16.4 Å². The summed E-state index contributed by atoms with van der Waals surface area (Å²) >= 11 is 1.48. The number of rotatable bonds is 5. The lowest BCUT2D eigenvalue weighted by Gasteiger charge is -2.34. The lowest BCUT2D eigenvalue weighted by molar-refractivity contribution is -0.128. The number of benzene rings is 1. The zero-order chi connectivity index (χ0) is 21.9. The number of fused-ring (bicyclic) bond motifs is 1. The Kier molecular flexibility index (Phi) is 5.64. The molecule has 1 saturated heterocycles. The van der Waals surface area contributed by atoms with Crippen molar-refractivity contribution in [3.05, 3.63) is 42.3 Å². The Labute approximate surface area is 188 Å². The van der Waals surface area contributed by atoms with Crippen LogP contribution < -0.4 is 14.4 Å². The summed E-state index contributed by atoms with van der Waals surface area (Å²) in [6.07, 6.45) is 1.53. The SMILES string of the molecule is N#Cc1nc(-c2ccco2)oc1N1CCN(C(=O)CSc2ccc3c(c2)OCCO3)CC1. The van der Waals surface area contributed by atoms with Gasteiger partial charge >= 0.3 is 0 Å². The maximum atomic E-state index is 12.7. The van der Waals surface area contributed by atoms with E-state index in [1.54, 1.807) is 12.1 Å². The van der Waals surface area contributed by atoms with Crippen LogP contribution in [0.25, 0.3) is 11.7 Å². The van der Waals surface area contributed by atoms with Gasteiger partial charge < -0.3 is 28.1 Å². The van der Waals surface area contributed by atoms with E-state index in [-0.39, 0.29) is 17.5 Å². The van der Waals surface area contributed by atoms with Crippen LogP contribution in [0.15, 0.2) is 50.3 Å². The Morgan fingerprint density at radius 1 is 1.12 bits per heavy atom. The molecule has 2 aromatic heterocycles. The number of nitrogens with zero attached hydrogens (tertiary/aromatic N) is 4. The molecule has 2 aliphatic heterocycles. The number of carbonyl (C=O) groups excluding carboxylic acids is 1. The van der Waals surface area contributed by atoms with E-state index >= 15 is 0 Å². The highest BCUT2D eigenvalue weighted by Crippen LogP contribution is 2.34. The fraction of sp³-hybridized carbons (Fsp3) is 0.318. The largest absolute Gasteiger partial charge is 0.486 e. The van der Waals surface area contributed by atoms with E-state index < -0.39 is 0 Å². The highest BCUT2D eigenvalue weighted by atomic mass is 32.2. The predicted molar refractivity (Wildman–Crippen MR) is 116 cm³/mol. The van der Waals surface area contributed by atoms with Gasteiger partial charge in [0, 0.05) is 31.1 Å². The number of piperazine rings is 1. The number of hydrogen-bond acceptors (Lipinski definition) is 9. The van der Waals surface area contributed by atoms with E-state index in [1.165, 1.54) is 18.0 Å². The molecule has 3 aromatic rings. The third-order valence-electron chi connectivity index (χ3n) is 5.24. The maximum Gasteiger partial charge on any atom is 0.266 e. The second kappa shape index (κ2) is 8.88. The van der Waals surface area contributed by atoms with Crippen LogP contribution in [-0.4, -0.2) is 60.9 Å². The molecular formula is C22H20N4O5S. The first-order valence-corrected chi connectivity index (χ1v) is 11.2. The van der Waals surface area contributed by atoms with Gasteiger partial charge in [0.2, 0.25) is 17.5 Å². The molecule has 32 heavy (non-hydrogen) atoms. The van der Waals surface area contributed by atoms with Crippen molar-refractivity contribution < 1.29 is 23.1 Å². The standard InChI is InChI=1S/C22H20N4O5S/c23-13-16-22(31-21(24-16)18-2-1-9-28-18)26-7-5-25(6-8-26)20(27)14-32-15-3-4-17-19(12-15)30-11-10-29-17/h1-4,9,12H,5-8,10-11,14H2. The molecule has 164 valence electrons. The number of anilines is 1. The zero-order valence-electron chi connectivity index (χ0n) is 17.2. The van der Waals surface area contributed by atoms with Crippen molar-refractivity contribution in [1.29, 1.82) is 5.26 Å². The number of amides is 1. The second-order valence-electron chi connectivity index (χ2n) is 7.22. The molecule has 0 atom stereocenters. The molecule has 0 unspecified atom stereocenters. The molecule has 0 saturated carbocycles. The average molecular weight is 452 g/mol. The molecule has 1 fully saturated rings. The first kappa shape index (κ1) is 20.3. The van der Waals surface area contributed by atoms with Gasteiger partial charge in [-0.25, -0.2) is 0 Å². The number of carbonyl (C=O) groups is 1. The molecule has 4 heterocycles. The van der Waals surface area contributed by atoms with E-state index in [4.69, 9.17) is 18.3 Å². The van der Waals surface area contributed by atoms with E-state index in [0.29, 0.717) is 56.8 Å². The van der Waals surface area contributed by atoms with E-state index in [1.807, 2.05) is 28.0 Å². The van der Waals surface area contributed by atoms with Gasteiger partial charge in [-0.2, -0.15) is 10.2 Å². The molecule has 2 aliphatic rings. The van der Waals surface area contributed by atoms with Crippen LogP contribution in [0.4, 0.5) is 5.88 Å². The quantitative estimate of drug-likeness (QED) is 0.540. The minimum Gasteiger partial charge on any atom is -0.486 e. The van der Waals surface area contributed by atoms with Crippen LogP contribution in [0.1, 0.15) is 5.69 Å². The van der Waals surface area contributed by atoms with Crippen molar-refractivity contribution in [2.75, 3.05) is 50.0 Å². The fourth-order valence-corrected chi connectivity index (χ4v) is 4.44. The zero-order valence-corrected chi connectivity index (χ0v) is 18.0. The Bertz CT molecular complexity index is 1150. The summed E-state index contributed by atoms with van der Waals surface area (Å²) in [5, 5.41) is 9.44. The first-order valence-electron chi connectivity index (χ1n) is 10.2. The lowest BCUT2D eigenvalue weighted by Crippen LogP contribution is -2.49. The summed E-state index contributed by atoms with van der Waals surface area (Å²) in [4.78, 5) is 21.7. The molecule has 0 aliphatic carbocycles. The van der Waals surface area contributed by atoms with Crippen molar-refractivity contribution in [3.8, 4) is 29.2 Å². The number of hydrogen-bond donors (Lipinski definition) is 0. The van der Waals surface area contributed by atoms with Crippen LogP contribution in [0, 0.1) is 11.3 Å². The van der Waals surface area contributed by atoms with Crippen LogP contribution in [0.2, 0.25) is 0 Å². The number of aromatic nitrogens is 1. The van der Waals surface area contributed by atoms with Crippen molar-refractivity contribution in [2.45, 2.75) is 4.90 Å². The lowest BCUT2D eigenvalue weighted by atomic mass is 10.3. The minimum absolute atomic E-state index is 0.0684. The van der Waals surface area contributed by atoms with Crippen LogP contribution in [0.3, 0.4) is 0 Å². The molecule has 0 N–H and O–H groups in total. The van der Waals surface area contributed by atoms with Crippen molar-refractivity contribution in [3.63, 3.8) is 0 Å². The summed E-state index contributed by atoms with van der Waals surface area (Å²) in [7, 11) is 0. The van der Waals surface area contributed by atoms with E-state index in [2.05, 4.69) is 11.1 Å². The summed E-state index contributed by atoms with van der Waals surface area (Å²) in [5.74, 6) is 3.02. The monoisotopic (exact) mass is 452 g/mol. The summed E-state index contributed by atoms with van der Waals surface area (Å²) in [6.45, 7) is 3.29. The van der Waals surface area contributed by atoms with Crippen molar-refractivity contribution in [1.82, 2.24) is 9.88 Å². The molecule has 1 amide bonds. The number of oxazole rings is 1. The fourth-order valence-electron chi connectivity index (χ4n) is 3.61. The van der Waals surface area contributed by atoms with Crippen LogP contribution >= 0.6 is 11.8 Å². The van der Waals surface area contributed by atoms with Crippen LogP contribution in [0.5, 0.6) is 11.5 Å². The van der Waals surface area contributed by atoms with Gasteiger partial charge in [-0.15, -0.1) is 11.8 Å². The molecule has 0 spiro atoms. The highest BCUT2D eigenvalue weighted by molar-refractivity contribution is 8.00. The van der Waals surface area contributed by atoms with Gasteiger partial charge in [-0.1, -0.05) is 0 Å². The number of ether oxygens (including phenoxy) is 2. The van der Waals surface area contributed by atoms with Crippen molar-refractivity contribution in [2.24, 2.45) is 0 Å². The molecule has 5 rings (SSSR count). The smallest absolute Gasteiger partial charge is 0.266 e. The van der Waals surface area contributed by atoms with Gasteiger partial charge in [0.05, 0.1) is 12.0 Å².